The first-order valence-corrected chi connectivity index (χ1v) is 5.99. The van der Waals surface area contributed by atoms with Gasteiger partial charge in [-0.25, -0.2) is 4.98 Å². The van der Waals surface area contributed by atoms with Crippen molar-refractivity contribution in [2.75, 3.05) is 13.1 Å². The highest BCUT2D eigenvalue weighted by Crippen LogP contribution is 2.24. The van der Waals surface area contributed by atoms with Gasteiger partial charge in [0.2, 0.25) is 5.91 Å². The third-order valence-electron chi connectivity index (χ3n) is 3.32. The average Bonchev–Trinajstić information content (AvgIpc) is 2.85. The lowest BCUT2D eigenvalue weighted by Gasteiger charge is -2.28. The molecule has 0 fully saturated rings. The van der Waals surface area contributed by atoms with E-state index in [4.69, 9.17) is 5.73 Å². The molecule has 96 valence electrons. The molecule has 6 nitrogen and oxygen atoms in total. The molecule has 1 aromatic rings. The normalized spacial score (nSPS) is 11.5. The molecule has 1 rings (SSSR count). The minimum absolute atomic E-state index is 0.0325. The number of nitrogens with zero attached hydrogens (tertiary/aromatic N) is 3. The van der Waals surface area contributed by atoms with Gasteiger partial charge in [-0.2, -0.15) is 5.10 Å². The molecular formula is C11H21N5O. The van der Waals surface area contributed by atoms with E-state index < -0.39 is 5.41 Å². The highest BCUT2D eigenvalue weighted by Gasteiger charge is 2.32. The van der Waals surface area contributed by atoms with Gasteiger partial charge < -0.3 is 11.1 Å². The molecule has 3 N–H and O–H groups in total. The van der Waals surface area contributed by atoms with E-state index in [1.165, 1.54) is 6.33 Å². The van der Waals surface area contributed by atoms with Gasteiger partial charge in [0.15, 0.2) is 0 Å². The van der Waals surface area contributed by atoms with Crippen LogP contribution in [0.5, 0.6) is 0 Å². The highest BCUT2D eigenvalue weighted by molar-refractivity contribution is 5.82. The van der Waals surface area contributed by atoms with Gasteiger partial charge in [0.1, 0.15) is 12.7 Å². The van der Waals surface area contributed by atoms with Crippen molar-refractivity contribution in [1.29, 1.82) is 0 Å². The van der Waals surface area contributed by atoms with Gasteiger partial charge in [-0.05, 0) is 12.8 Å². The van der Waals surface area contributed by atoms with Gasteiger partial charge in [0.05, 0.1) is 12.0 Å². The van der Waals surface area contributed by atoms with Crippen molar-refractivity contribution in [2.45, 2.75) is 33.2 Å². The molecule has 0 aliphatic rings. The van der Waals surface area contributed by atoms with Gasteiger partial charge in [0.25, 0.3) is 0 Å². The Labute approximate surface area is 102 Å². The summed E-state index contributed by atoms with van der Waals surface area (Å²) in [6.45, 7) is 5.54. The summed E-state index contributed by atoms with van der Waals surface area (Å²) in [7, 11) is 0. The fourth-order valence-electron chi connectivity index (χ4n) is 1.77. The summed E-state index contributed by atoms with van der Waals surface area (Å²) in [5.41, 5.74) is 5.28. The lowest BCUT2D eigenvalue weighted by Crippen LogP contribution is -2.46. The summed E-state index contributed by atoms with van der Waals surface area (Å²) in [6, 6.07) is 0. The number of nitrogens with two attached hydrogens (primary N) is 1. The van der Waals surface area contributed by atoms with E-state index >= 15 is 0 Å². The van der Waals surface area contributed by atoms with Crippen LogP contribution in [-0.2, 0) is 11.3 Å². The van der Waals surface area contributed by atoms with Gasteiger partial charge in [0, 0.05) is 13.1 Å². The van der Waals surface area contributed by atoms with E-state index in [0.29, 0.717) is 19.6 Å². The Kier molecular flexibility index (Phi) is 5.09. The van der Waals surface area contributed by atoms with Gasteiger partial charge in [-0.15, -0.1) is 0 Å². The van der Waals surface area contributed by atoms with E-state index in [1.54, 1.807) is 11.0 Å². The van der Waals surface area contributed by atoms with Crippen molar-refractivity contribution in [2.24, 2.45) is 11.1 Å². The topological polar surface area (TPSA) is 85.8 Å². The number of carbonyl (C=O) groups excluding carboxylic acids is 1. The van der Waals surface area contributed by atoms with Crippen LogP contribution in [0, 0.1) is 5.41 Å². The van der Waals surface area contributed by atoms with Crippen LogP contribution in [-0.4, -0.2) is 33.8 Å². The molecule has 6 heteroatoms. The van der Waals surface area contributed by atoms with Crippen molar-refractivity contribution in [3.63, 3.8) is 0 Å². The van der Waals surface area contributed by atoms with Gasteiger partial charge in [-0.1, -0.05) is 13.8 Å². The minimum atomic E-state index is -0.428. The van der Waals surface area contributed by atoms with E-state index in [-0.39, 0.29) is 5.91 Å². The molecule has 0 aliphatic heterocycles. The van der Waals surface area contributed by atoms with E-state index in [9.17, 15) is 4.79 Å². The fourth-order valence-corrected chi connectivity index (χ4v) is 1.77. The second-order valence-electron chi connectivity index (χ2n) is 4.11. The van der Waals surface area contributed by atoms with Crippen molar-refractivity contribution >= 4 is 5.91 Å². The molecule has 0 bridgehead atoms. The fraction of sp³-hybridized carbons (Fsp3) is 0.727. The molecule has 0 atom stereocenters. The second-order valence-corrected chi connectivity index (χ2v) is 4.11. The molecule has 1 heterocycles. The molecule has 1 aromatic heterocycles. The van der Waals surface area contributed by atoms with Gasteiger partial charge >= 0.3 is 0 Å². The van der Waals surface area contributed by atoms with Crippen molar-refractivity contribution < 1.29 is 4.79 Å². The summed E-state index contributed by atoms with van der Waals surface area (Å²) in [6.07, 6.45) is 4.62. The Morgan fingerprint density at radius 3 is 2.65 bits per heavy atom. The highest BCUT2D eigenvalue weighted by atomic mass is 16.2. The zero-order valence-electron chi connectivity index (χ0n) is 10.5. The number of hydrogen-bond donors (Lipinski definition) is 2. The van der Waals surface area contributed by atoms with Crippen LogP contribution >= 0.6 is 0 Å². The van der Waals surface area contributed by atoms with Crippen LogP contribution < -0.4 is 11.1 Å². The Balaban J connectivity index is 2.42. The second kappa shape index (κ2) is 6.34. The summed E-state index contributed by atoms with van der Waals surface area (Å²) in [4.78, 5) is 15.9. The molecular weight excluding hydrogens is 218 g/mol. The van der Waals surface area contributed by atoms with Crippen molar-refractivity contribution in [3.8, 4) is 0 Å². The first-order chi connectivity index (χ1) is 8.18. The number of amides is 1. The van der Waals surface area contributed by atoms with Crippen molar-refractivity contribution in [3.05, 3.63) is 12.7 Å². The summed E-state index contributed by atoms with van der Waals surface area (Å²) < 4.78 is 1.68. The first-order valence-electron chi connectivity index (χ1n) is 5.99. The van der Waals surface area contributed by atoms with Crippen LogP contribution in [0.3, 0.4) is 0 Å². The van der Waals surface area contributed by atoms with Crippen LogP contribution in [0.4, 0.5) is 0 Å². The lowest BCUT2D eigenvalue weighted by molar-refractivity contribution is -0.131. The number of hydrogen-bond acceptors (Lipinski definition) is 4. The van der Waals surface area contributed by atoms with E-state index in [2.05, 4.69) is 15.4 Å². The largest absolute Gasteiger partial charge is 0.354 e. The van der Waals surface area contributed by atoms with E-state index in [1.807, 2.05) is 13.8 Å². The minimum Gasteiger partial charge on any atom is -0.354 e. The third-order valence-corrected chi connectivity index (χ3v) is 3.32. The molecule has 0 saturated heterocycles. The maximum Gasteiger partial charge on any atom is 0.227 e. The molecule has 0 aliphatic carbocycles. The monoisotopic (exact) mass is 239 g/mol. The zero-order valence-corrected chi connectivity index (χ0v) is 10.5. The SMILES string of the molecule is CCC(CC)(CN)C(=O)NCCn1cncn1. The number of carbonyl (C=O) groups is 1. The Bertz CT molecular complexity index is 323. The Morgan fingerprint density at radius 1 is 1.47 bits per heavy atom. The molecule has 1 amide bonds. The number of rotatable bonds is 7. The third kappa shape index (κ3) is 3.26. The number of nitrogens with one attached hydrogen (secondary N) is 1. The molecule has 0 saturated carbocycles. The summed E-state index contributed by atoms with van der Waals surface area (Å²) in [5.74, 6) is 0.0325. The molecule has 0 radical (unpaired) electrons. The van der Waals surface area contributed by atoms with Crippen LogP contribution in [0.2, 0.25) is 0 Å². The number of aromatic nitrogens is 3. The molecule has 0 spiro atoms. The molecule has 0 aromatic carbocycles. The Morgan fingerprint density at radius 2 is 2.18 bits per heavy atom. The predicted octanol–water partition coefficient (Wildman–Crippen LogP) is 0.159. The zero-order chi connectivity index (χ0) is 12.7. The first kappa shape index (κ1) is 13.6. The Hall–Kier alpha value is -1.43. The average molecular weight is 239 g/mol. The molecule has 0 unspecified atom stereocenters. The van der Waals surface area contributed by atoms with Crippen molar-refractivity contribution in [1.82, 2.24) is 20.1 Å². The summed E-state index contributed by atoms with van der Waals surface area (Å²) >= 11 is 0. The standard InChI is InChI=1S/C11H21N5O/c1-3-11(4-2,7-12)10(17)14-5-6-16-9-13-8-15-16/h8-9H,3-7,12H2,1-2H3,(H,14,17). The van der Waals surface area contributed by atoms with Gasteiger partial charge in [-0.3, -0.25) is 9.48 Å². The predicted molar refractivity (Wildman–Crippen MR) is 65.1 cm³/mol. The van der Waals surface area contributed by atoms with Crippen LogP contribution in [0.25, 0.3) is 0 Å². The summed E-state index contributed by atoms with van der Waals surface area (Å²) in [5, 5.41) is 6.87. The smallest absolute Gasteiger partial charge is 0.227 e. The van der Waals surface area contributed by atoms with Crippen LogP contribution in [0.1, 0.15) is 26.7 Å². The maximum absolute atomic E-state index is 12.1. The van der Waals surface area contributed by atoms with Crippen LogP contribution in [0.15, 0.2) is 12.7 Å². The lowest BCUT2D eigenvalue weighted by atomic mass is 9.81. The maximum atomic E-state index is 12.1. The quantitative estimate of drug-likeness (QED) is 0.709. The van der Waals surface area contributed by atoms with E-state index in [0.717, 1.165) is 12.8 Å². The molecule has 17 heavy (non-hydrogen) atoms.